The Bertz CT molecular complexity index is 647. The lowest BCUT2D eigenvalue weighted by Crippen LogP contribution is -2.19. The van der Waals surface area contributed by atoms with Gasteiger partial charge < -0.3 is 9.88 Å². The fourth-order valence-electron chi connectivity index (χ4n) is 2.18. The smallest absolute Gasteiger partial charge is 0.273 e. The number of halogens is 1. The average Bonchev–Trinajstić information content (AvgIpc) is 2.74. The van der Waals surface area contributed by atoms with Gasteiger partial charge in [0.2, 0.25) is 0 Å². The van der Waals surface area contributed by atoms with E-state index in [4.69, 9.17) is 11.6 Å². The number of hydrogen-bond donors (Lipinski definition) is 1. The summed E-state index contributed by atoms with van der Waals surface area (Å²) < 4.78 is 1.90. The minimum absolute atomic E-state index is 0.173. The molecule has 0 radical (unpaired) electrons. The SMILES string of the molecule is Cc1ccc(NC(=O)c2cnc(C)n2C(C)C)c(Cl)c1. The van der Waals surface area contributed by atoms with Crippen molar-refractivity contribution in [3.8, 4) is 0 Å². The highest BCUT2D eigenvalue weighted by Crippen LogP contribution is 2.24. The molecule has 0 aliphatic rings. The lowest BCUT2D eigenvalue weighted by Gasteiger charge is -2.14. The van der Waals surface area contributed by atoms with Crippen LogP contribution in [-0.4, -0.2) is 15.5 Å². The molecule has 0 atom stereocenters. The molecule has 1 N–H and O–H groups in total. The topological polar surface area (TPSA) is 46.9 Å². The van der Waals surface area contributed by atoms with Crippen LogP contribution in [-0.2, 0) is 0 Å². The molecule has 1 aromatic carbocycles. The van der Waals surface area contributed by atoms with Crippen LogP contribution in [0.15, 0.2) is 24.4 Å². The largest absolute Gasteiger partial charge is 0.322 e. The minimum atomic E-state index is -0.204. The van der Waals surface area contributed by atoms with Gasteiger partial charge in [0.15, 0.2) is 0 Å². The maximum atomic E-state index is 12.4. The molecule has 106 valence electrons. The van der Waals surface area contributed by atoms with Crippen molar-refractivity contribution in [2.45, 2.75) is 33.7 Å². The Kier molecular flexibility index (Phi) is 4.14. The normalized spacial score (nSPS) is 10.9. The number of hydrogen-bond acceptors (Lipinski definition) is 2. The fourth-order valence-corrected chi connectivity index (χ4v) is 2.46. The standard InChI is InChI=1S/C15H18ClN3O/c1-9(2)19-11(4)17-8-14(19)15(20)18-13-6-5-10(3)7-12(13)16/h5-9H,1-4H3,(H,18,20). The van der Waals surface area contributed by atoms with Gasteiger partial charge in [-0.3, -0.25) is 4.79 Å². The number of amides is 1. The maximum Gasteiger partial charge on any atom is 0.273 e. The maximum absolute atomic E-state index is 12.4. The van der Waals surface area contributed by atoms with E-state index in [2.05, 4.69) is 10.3 Å². The molecule has 1 heterocycles. The number of benzene rings is 1. The summed E-state index contributed by atoms with van der Waals surface area (Å²) in [7, 11) is 0. The van der Waals surface area contributed by atoms with E-state index in [1.165, 1.54) is 0 Å². The molecule has 1 aromatic heterocycles. The van der Waals surface area contributed by atoms with Crippen molar-refractivity contribution in [1.29, 1.82) is 0 Å². The second-order valence-electron chi connectivity index (χ2n) is 5.09. The summed E-state index contributed by atoms with van der Waals surface area (Å²) in [6, 6.07) is 5.71. The molecule has 0 spiro atoms. The third-order valence-electron chi connectivity index (χ3n) is 3.10. The monoisotopic (exact) mass is 291 g/mol. The first kappa shape index (κ1) is 14.6. The van der Waals surface area contributed by atoms with E-state index in [1.807, 2.05) is 44.4 Å². The first-order chi connectivity index (χ1) is 9.40. The van der Waals surface area contributed by atoms with Crippen molar-refractivity contribution in [2.24, 2.45) is 0 Å². The second kappa shape index (κ2) is 5.67. The number of imidazole rings is 1. The van der Waals surface area contributed by atoms with Gasteiger partial charge in [-0.05, 0) is 45.4 Å². The molecule has 0 bridgehead atoms. The molecule has 0 saturated carbocycles. The van der Waals surface area contributed by atoms with Gasteiger partial charge in [-0.15, -0.1) is 0 Å². The number of rotatable bonds is 3. The van der Waals surface area contributed by atoms with E-state index in [0.29, 0.717) is 16.4 Å². The molecule has 0 aliphatic heterocycles. The lowest BCUT2D eigenvalue weighted by molar-refractivity contribution is 0.101. The van der Waals surface area contributed by atoms with Gasteiger partial charge in [-0.25, -0.2) is 4.98 Å². The Balaban J connectivity index is 2.29. The molecule has 2 aromatic rings. The van der Waals surface area contributed by atoms with Gasteiger partial charge >= 0.3 is 0 Å². The Morgan fingerprint density at radius 2 is 2.05 bits per heavy atom. The fraction of sp³-hybridized carbons (Fsp3) is 0.333. The van der Waals surface area contributed by atoms with Gasteiger partial charge in [-0.2, -0.15) is 0 Å². The summed E-state index contributed by atoms with van der Waals surface area (Å²) in [6.45, 7) is 7.87. The van der Waals surface area contributed by atoms with E-state index in [0.717, 1.165) is 11.4 Å². The van der Waals surface area contributed by atoms with Gasteiger partial charge in [0.1, 0.15) is 11.5 Å². The van der Waals surface area contributed by atoms with Crippen LogP contribution in [0, 0.1) is 13.8 Å². The van der Waals surface area contributed by atoms with Crippen molar-refractivity contribution in [2.75, 3.05) is 5.32 Å². The number of carbonyl (C=O) groups is 1. The third-order valence-corrected chi connectivity index (χ3v) is 3.42. The molecule has 0 aliphatic carbocycles. The van der Waals surface area contributed by atoms with Crippen LogP contribution in [0.2, 0.25) is 5.02 Å². The van der Waals surface area contributed by atoms with E-state index in [-0.39, 0.29) is 11.9 Å². The highest BCUT2D eigenvalue weighted by molar-refractivity contribution is 6.34. The van der Waals surface area contributed by atoms with Crippen LogP contribution in [0.3, 0.4) is 0 Å². The van der Waals surface area contributed by atoms with Gasteiger partial charge in [0.05, 0.1) is 16.9 Å². The molecule has 1 amide bonds. The number of aryl methyl sites for hydroxylation is 2. The zero-order chi connectivity index (χ0) is 14.9. The molecule has 0 saturated heterocycles. The highest BCUT2D eigenvalue weighted by atomic mass is 35.5. The second-order valence-corrected chi connectivity index (χ2v) is 5.50. The van der Waals surface area contributed by atoms with Crippen LogP contribution >= 0.6 is 11.6 Å². The minimum Gasteiger partial charge on any atom is -0.322 e. The molecule has 5 heteroatoms. The molecular formula is C15H18ClN3O. The van der Waals surface area contributed by atoms with Crippen LogP contribution in [0.1, 0.15) is 41.8 Å². The summed E-state index contributed by atoms with van der Waals surface area (Å²) in [6.07, 6.45) is 1.59. The number of carbonyl (C=O) groups excluding carboxylic acids is 1. The quantitative estimate of drug-likeness (QED) is 0.929. The summed E-state index contributed by atoms with van der Waals surface area (Å²) in [5.41, 5.74) is 2.20. The van der Waals surface area contributed by atoms with Crippen LogP contribution < -0.4 is 5.32 Å². The summed E-state index contributed by atoms with van der Waals surface area (Å²) in [4.78, 5) is 16.6. The summed E-state index contributed by atoms with van der Waals surface area (Å²) in [5.74, 6) is 0.616. The lowest BCUT2D eigenvalue weighted by atomic mass is 10.2. The van der Waals surface area contributed by atoms with Crippen molar-refractivity contribution in [3.63, 3.8) is 0 Å². The van der Waals surface area contributed by atoms with Crippen molar-refractivity contribution >= 4 is 23.2 Å². The molecule has 2 rings (SSSR count). The van der Waals surface area contributed by atoms with Crippen LogP contribution in [0.25, 0.3) is 0 Å². The first-order valence-electron chi connectivity index (χ1n) is 6.51. The Labute approximate surface area is 123 Å². The van der Waals surface area contributed by atoms with E-state index >= 15 is 0 Å². The molecule has 20 heavy (non-hydrogen) atoms. The van der Waals surface area contributed by atoms with Crippen LogP contribution in [0.4, 0.5) is 5.69 Å². The Morgan fingerprint density at radius 1 is 1.35 bits per heavy atom. The summed E-state index contributed by atoms with van der Waals surface area (Å²) in [5, 5.41) is 3.36. The molecule has 0 fully saturated rings. The van der Waals surface area contributed by atoms with Crippen molar-refractivity contribution < 1.29 is 4.79 Å². The molecule has 4 nitrogen and oxygen atoms in total. The predicted molar refractivity (Wildman–Crippen MR) is 81.5 cm³/mol. The van der Waals surface area contributed by atoms with Crippen LogP contribution in [0.5, 0.6) is 0 Å². The van der Waals surface area contributed by atoms with E-state index in [9.17, 15) is 4.79 Å². The Hall–Kier alpha value is -1.81. The van der Waals surface area contributed by atoms with E-state index < -0.39 is 0 Å². The van der Waals surface area contributed by atoms with Gasteiger partial charge in [0, 0.05) is 6.04 Å². The zero-order valence-corrected chi connectivity index (χ0v) is 12.8. The number of anilines is 1. The number of nitrogens with zero attached hydrogens (tertiary/aromatic N) is 2. The molecule has 0 unspecified atom stereocenters. The number of aromatic nitrogens is 2. The average molecular weight is 292 g/mol. The van der Waals surface area contributed by atoms with Crippen molar-refractivity contribution in [3.05, 3.63) is 46.5 Å². The van der Waals surface area contributed by atoms with E-state index in [1.54, 1.807) is 12.3 Å². The molecular weight excluding hydrogens is 274 g/mol. The summed E-state index contributed by atoms with van der Waals surface area (Å²) >= 11 is 6.13. The Morgan fingerprint density at radius 3 is 2.65 bits per heavy atom. The van der Waals surface area contributed by atoms with Gasteiger partial charge in [-0.1, -0.05) is 17.7 Å². The predicted octanol–water partition coefficient (Wildman–Crippen LogP) is 3.99. The zero-order valence-electron chi connectivity index (χ0n) is 12.1. The van der Waals surface area contributed by atoms with Gasteiger partial charge in [0.25, 0.3) is 5.91 Å². The number of nitrogens with one attached hydrogen (secondary N) is 1. The first-order valence-corrected chi connectivity index (χ1v) is 6.89. The third kappa shape index (κ3) is 2.85. The van der Waals surface area contributed by atoms with Crippen molar-refractivity contribution in [1.82, 2.24) is 9.55 Å². The highest BCUT2D eigenvalue weighted by Gasteiger charge is 2.17.